The molecule has 4 nitrogen and oxygen atoms in total. The van der Waals surface area contributed by atoms with Crippen LogP contribution in [0.15, 0.2) is 30.6 Å². The second kappa shape index (κ2) is 5.79. The molecule has 0 aliphatic heterocycles. The van der Waals surface area contributed by atoms with Crippen LogP contribution in [0, 0.1) is 11.3 Å². The second-order valence-corrected chi connectivity index (χ2v) is 4.11. The lowest BCUT2D eigenvalue weighted by molar-refractivity contribution is -0.138. The molecular weight excluding hydrogens is 283 g/mol. The fraction of sp³-hybridized carbons (Fsp3) is 0.214. The normalized spacial score (nSPS) is 11.0. The molecule has 0 spiro atoms. The van der Waals surface area contributed by atoms with Gasteiger partial charge in [0.15, 0.2) is 5.75 Å². The number of alkyl halides is 3. The highest BCUT2D eigenvalue weighted by molar-refractivity contribution is 5.49. The predicted molar refractivity (Wildman–Crippen MR) is 67.6 cm³/mol. The van der Waals surface area contributed by atoms with E-state index in [4.69, 9.17) is 10.00 Å². The number of hydrogen-bond acceptors (Lipinski definition) is 4. The molecule has 0 amide bonds. The van der Waals surface area contributed by atoms with E-state index >= 15 is 0 Å². The molecule has 2 aromatic rings. The summed E-state index contributed by atoms with van der Waals surface area (Å²) in [5.41, 5.74) is 0.0644. The van der Waals surface area contributed by atoms with E-state index in [1.807, 2.05) is 13.0 Å². The standard InChI is InChI=1S/C14H10F3N3O/c1-2-9-4-3-5-10(6-18)12(9)21-13-19-7-11(8-20-13)14(15,16)17/h3-5,7-8H,2H2,1H3. The minimum absolute atomic E-state index is 0.236. The van der Waals surface area contributed by atoms with Crippen LogP contribution >= 0.6 is 0 Å². The molecule has 2 rings (SSSR count). The summed E-state index contributed by atoms with van der Waals surface area (Å²) in [7, 11) is 0. The molecule has 1 heterocycles. The maximum atomic E-state index is 12.4. The van der Waals surface area contributed by atoms with Crippen molar-refractivity contribution in [1.82, 2.24) is 9.97 Å². The molecule has 0 aliphatic carbocycles. The molecular formula is C14H10F3N3O. The third-order valence-electron chi connectivity index (χ3n) is 2.75. The molecule has 0 unspecified atom stereocenters. The lowest BCUT2D eigenvalue weighted by Gasteiger charge is -2.11. The first kappa shape index (κ1) is 14.8. The molecule has 0 fully saturated rings. The van der Waals surface area contributed by atoms with Crippen LogP contribution in [0.3, 0.4) is 0 Å². The highest BCUT2D eigenvalue weighted by Gasteiger charge is 2.31. The Morgan fingerprint density at radius 3 is 2.43 bits per heavy atom. The number of hydrogen-bond donors (Lipinski definition) is 0. The van der Waals surface area contributed by atoms with Gasteiger partial charge >= 0.3 is 12.2 Å². The van der Waals surface area contributed by atoms with E-state index in [1.54, 1.807) is 18.2 Å². The summed E-state index contributed by atoms with van der Waals surface area (Å²) in [5.74, 6) is 0.266. The van der Waals surface area contributed by atoms with E-state index in [0.29, 0.717) is 18.8 Å². The fourth-order valence-electron chi connectivity index (χ4n) is 1.68. The van der Waals surface area contributed by atoms with E-state index in [1.165, 1.54) is 0 Å². The van der Waals surface area contributed by atoms with Gasteiger partial charge in [0, 0.05) is 12.4 Å². The molecule has 1 aromatic carbocycles. The van der Waals surface area contributed by atoms with Crippen molar-refractivity contribution in [3.8, 4) is 17.8 Å². The van der Waals surface area contributed by atoms with E-state index in [2.05, 4.69) is 9.97 Å². The number of aromatic nitrogens is 2. The SMILES string of the molecule is CCc1cccc(C#N)c1Oc1ncc(C(F)(F)F)cn1. The molecule has 0 atom stereocenters. The van der Waals surface area contributed by atoms with Gasteiger partial charge in [-0.25, -0.2) is 9.97 Å². The average Bonchev–Trinajstić information content (AvgIpc) is 2.47. The molecule has 108 valence electrons. The number of ether oxygens (including phenoxy) is 1. The molecule has 1 aromatic heterocycles. The third kappa shape index (κ3) is 3.28. The lowest BCUT2D eigenvalue weighted by atomic mass is 10.1. The predicted octanol–water partition coefficient (Wildman–Crippen LogP) is 3.72. The monoisotopic (exact) mass is 293 g/mol. The largest absolute Gasteiger partial charge is 0.423 e. The molecule has 7 heteroatoms. The van der Waals surface area contributed by atoms with Crippen LogP contribution in [-0.2, 0) is 12.6 Å². The Balaban J connectivity index is 2.33. The Morgan fingerprint density at radius 2 is 1.90 bits per heavy atom. The van der Waals surface area contributed by atoms with Crippen LogP contribution in [0.2, 0.25) is 0 Å². The van der Waals surface area contributed by atoms with Crippen LogP contribution in [0.4, 0.5) is 13.2 Å². The maximum Gasteiger partial charge on any atom is 0.419 e. The summed E-state index contributed by atoms with van der Waals surface area (Å²) in [6.07, 6.45) is -2.62. The minimum Gasteiger partial charge on any atom is -0.423 e. The Hall–Kier alpha value is -2.62. The van der Waals surface area contributed by atoms with Gasteiger partial charge in [-0.05, 0) is 18.1 Å². The van der Waals surface area contributed by atoms with Gasteiger partial charge in [-0.3, -0.25) is 0 Å². The second-order valence-electron chi connectivity index (χ2n) is 4.11. The van der Waals surface area contributed by atoms with Crippen molar-refractivity contribution in [3.63, 3.8) is 0 Å². The number of halogens is 3. The van der Waals surface area contributed by atoms with Crippen molar-refractivity contribution in [2.24, 2.45) is 0 Å². The summed E-state index contributed by atoms with van der Waals surface area (Å²) < 4.78 is 42.6. The van der Waals surface area contributed by atoms with E-state index in [9.17, 15) is 13.2 Å². The van der Waals surface area contributed by atoms with Gasteiger partial charge in [-0.15, -0.1) is 0 Å². The van der Waals surface area contributed by atoms with E-state index in [0.717, 1.165) is 5.56 Å². The smallest absolute Gasteiger partial charge is 0.419 e. The highest BCUT2D eigenvalue weighted by Crippen LogP contribution is 2.30. The van der Waals surface area contributed by atoms with Crippen molar-refractivity contribution < 1.29 is 17.9 Å². The molecule has 0 radical (unpaired) electrons. The van der Waals surface area contributed by atoms with E-state index in [-0.39, 0.29) is 17.3 Å². The molecule has 0 aliphatic rings. The van der Waals surface area contributed by atoms with Gasteiger partial charge in [0.2, 0.25) is 0 Å². The Bertz CT molecular complexity index is 675. The highest BCUT2D eigenvalue weighted by atomic mass is 19.4. The zero-order valence-corrected chi connectivity index (χ0v) is 11.0. The van der Waals surface area contributed by atoms with Crippen LogP contribution in [0.1, 0.15) is 23.6 Å². The number of benzene rings is 1. The Labute approximate surface area is 118 Å². The van der Waals surface area contributed by atoms with Crippen molar-refractivity contribution >= 4 is 0 Å². The van der Waals surface area contributed by atoms with Crippen molar-refractivity contribution in [2.75, 3.05) is 0 Å². The van der Waals surface area contributed by atoms with E-state index < -0.39 is 11.7 Å². The molecule has 0 saturated heterocycles. The lowest BCUT2D eigenvalue weighted by Crippen LogP contribution is -2.07. The zero-order chi connectivity index (χ0) is 15.5. The number of nitriles is 1. The first-order chi connectivity index (χ1) is 9.95. The quantitative estimate of drug-likeness (QED) is 0.865. The molecule has 21 heavy (non-hydrogen) atoms. The van der Waals surface area contributed by atoms with Gasteiger partial charge in [-0.2, -0.15) is 18.4 Å². The van der Waals surface area contributed by atoms with Crippen molar-refractivity contribution in [2.45, 2.75) is 19.5 Å². The van der Waals surface area contributed by atoms with Gasteiger partial charge in [0.05, 0.1) is 11.1 Å². The third-order valence-corrected chi connectivity index (χ3v) is 2.75. The summed E-state index contributed by atoms with van der Waals surface area (Å²) in [5, 5.41) is 9.05. The number of aryl methyl sites for hydroxylation is 1. The number of nitrogens with zero attached hydrogens (tertiary/aromatic N) is 3. The summed E-state index contributed by atoms with van der Waals surface area (Å²) in [6, 6.07) is 6.75. The van der Waals surface area contributed by atoms with Crippen LogP contribution < -0.4 is 4.74 Å². The number of rotatable bonds is 3. The van der Waals surface area contributed by atoms with Crippen LogP contribution in [0.25, 0.3) is 0 Å². The Morgan fingerprint density at radius 1 is 1.24 bits per heavy atom. The molecule has 0 N–H and O–H groups in total. The van der Waals surface area contributed by atoms with Crippen LogP contribution in [0.5, 0.6) is 11.8 Å². The number of para-hydroxylation sites is 1. The van der Waals surface area contributed by atoms with Crippen molar-refractivity contribution in [3.05, 3.63) is 47.3 Å². The van der Waals surface area contributed by atoms with Crippen LogP contribution in [-0.4, -0.2) is 9.97 Å². The molecule has 0 saturated carbocycles. The van der Waals surface area contributed by atoms with Gasteiger partial charge < -0.3 is 4.74 Å². The van der Waals surface area contributed by atoms with Gasteiger partial charge in [0.1, 0.15) is 6.07 Å². The average molecular weight is 293 g/mol. The fourth-order valence-corrected chi connectivity index (χ4v) is 1.68. The van der Waals surface area contributed by atoms with Gasteiger partial charge in [0.25, 0.3) is 0 Å². The first-order valence-electron chi connectivity index (χ1n) is 6.04. The maximum absolute atomic E-state index is 12.4. The summed E-state index contributed by atoms with van der Waals surface area (Å²) in [4.78, 5) is 7.06. The summed E-state index contributed by atoms with van der Waals surface area (Å²) >= 11 is 0. The molecule has 0 bridgehead atoms. The van der Waals surface area contributed by atoms with Crippen molar-refractivity contribution in [1.29, 1.82) is 5.26 Å². The first-order valence-corrected chi connectivity index (χ1v) is 6.04. The Kier molecular flexibility index (Phi) is 4.08. The summed E-state index contributed by atoms with van der Waals surface area (Å²) in [6.45, 7) is 1.87. The zero-order valence-electron chi connectivity index (χ0n) is 11.0. The topological polar surface area (TPSA) is 58.8 Å². The van der Waals surface area contributed by atoms with Gasteiger partial charge in [-0.1, -0.05) is 19.1 Å². The minimum atomic E-state index is -4.50.